The molecule has 2 fully saturated rings. The van der Waals surface area contributed by atoms with Crippen molar-refractivity contribution in [3.8, 4) is 0 Å². The van der Waals surface area contributed by atoms with Crippen molar-refractivity contribution in [1.82, 2.24) is 24.4 Å². The Kier molecular flexibility index (Phi) is 6.97. The maximum Gasteiger partial charge on any atom is 0.262 e. The summed E-state index contributed by atoms with van der Waals surface area (Å²) in [4.78, 5) is 43.8. The van der Waals surface area contributed by atoms with Gasteiger partial charge in [-0.1, -0.05) is 12.8 Å². The van der Waals surface area contributed by atoms with Gasteiger partial charge in [0.25, 0.3) is 5.56 Å². The lowest BCUT2D eigenvalue weighted by molar-refractivity contribution is 0.101. The van der Waals surface area contributed by atoms with Crippen LogP contribution in [-0.2, 0) is 0 Å². The Hall–Kier alpha value is -3.37. The van der Waals surface area contributed by atoms with E-state index in [1.807, 2.05) is 17.6 Å². The number of β-amino-alcohol motifs (C(OH)–C–C–N with tert-alkyl or cyclic N) is 1. The number of hydrogen-bond acceptors (Lipinski definition) is 9. The molecule has 3 aromatic rings. The number of nitrogens with zero attached hydrogens (tertiary/aromatic N) is 6. The van der Waals surface area contributed by atoms with Gasteiger partial charge < -0.3 is 19.9 Å². The number of Topliss-reactive ketones (excluding diaryl/α,β-unsaturated/α-hetero) is 1. The van der Waals surface area contributed by atoms with Crippen LogP contribution in [0.25, 0.3) is 10.9 Å². The summed E-state index contributed by atoms with van der Waals surface area (Å²) in [6.45, 7) is 7.61. The molecule has 1 saturated heterocycles. The second-order valence-electron chi connectivity index (χ2n) is 9.69. The van der Waals surface area contributed by atoms with Crippen molar-refractivity contribution in [2.45, 2.75) is 45.6 Å². The highest BCUT2D eigenvalue weighted by Gasteiger charge is 2.25. The quantitative estimate of drug-likeness (QED) is 0.481. The predicted molar refractivity (Wildman–Crippen MR) is 139 cm³/mol. The average molecular weight is 492 g/mol. The minimum atomic E-state index is -0.210. The zero-order valence-corrected chi connectivity index (χ0v) is 20.9. The van der Waals surface area contributed by atoms with Crippen LogP contribution in [0.15, 0.2) is 29.5 Å². The molecule has 0 unspecified atom stereocenters. The van der Waals surface area contributed by atoms with E-state index in [-0.39, 0.29) is 29.6 Å². The van der Waals surface area contributed by atoms with Crippen LogP contribution in [0.4, 0.5) is 17.5 Å². The first-order valence-corrected chi connectivity index (χ1v) is 12.7. The van der Waals surface area contributed by atoms with Crippen molar-refractivity contribution in [2.75, 3.05) is 49.5 Å². The van der Waals surface area contributed by atoms with Crippen LogP contribution in [0.3, 0.4) is 0 Å². The Morgan fingerprint density at radius 2 is 1.78 bits per heavy atom. The molecule has 0 atom stereocenters. The van der Waals surface area contributed by atoms with Crippen molar-refractivity contribution in [2.24, 2.45) is 0 Å². The lowest BCUT2D eigenvalue weighted by Gasteiger charge is -2.34. The molecule has 2 aliphatic rings. The summed E-state index contributed by atoms with van der Waals surface area (Å²) in [5.74, 6) is 1.75. The van der Waals surface area contributed by atoms with Crippen molar-refractivity contribution < 1.29 is 9.90 Å². The predicted octanol–water partition coefficient (Wildman–Crippen LogP) is 2.67. The van der Waals surface area contributed by atoms with E-state index in [1.54, 1.807) is 18.6 Å². The Morgan fingerprint density at radius 3 is 2.42 bits per heavy atom. The molecule has 2 N–H and O–H groups in total. The number of anilines is 3. The van der Waals surface area contributed by atoms with E-state index in [4.69, 9.17) is 5.11 Å². The maximum atomic E-state index is 13.4. The van der Waals surface area contributed by atoms with Gasteiger partial charge in [-0.2, -0.15) is 0 Å². The number of pyridine rings is 2. The third-order valence-electron chi connectivity index (χ3n) is 7.40. The number of piperazine rings is 1. The van der Waals surface area contributed by atoms with Crippen LogP contribution >= 0.6 is 0 Å². The zero-order valence-electron chi connectivity index (χ0n) is 20.9. The molecule has 5 rings (SSSR count). The molecule has 0 amide bonds. The smallest absolute Gasteiger partial charge is 0.262 e. The molecule has 0 aromatic carbocycles. The Bertz CT molecular complexity index is 1310. The van der Waals surface area contributed by atoms with Gasteiger partial charge in [0.15, 0.2) is 5.78 Å². The maximum absolute atomic E-state index is 13.4. The summed E-state index contributed by atoms with van der Waals surface area (Å²) < 4.78 is 1.81. The molecule has 0 radical (unpaired) electrons. The molecule has 190 valence electrons. The van der Waals surface area contributed by atoms with Gasteiger partial charge >= 0.3 is 0 Å². The van der Waals surface area contributed by atoms with Gasteiger partial charge in [0.2, 0.25) is 0 Å². The topological polar surface area (TPSA) is 116 Å². The fraction of sp³-hybridized carbons (Fsp3) is 0.500. The van der Waals surface area contributed by atoms with E-state index in [9.17, 15) is 9.59 Å². The van der Waals surface area contributed by atoms with E-state index >= 15 is 0 Å². The summed E-state index contributed by atoms with van der Waals surface area (Å²) in [5.41, 5.74) is 1.52. The second kappa shape index (κ2) is 10.3. The number of aryl methyl sites for hydroxylation is 1. The van der Waals surface area contributed by atoms with Gasteiger partial charge in [0, 0.05) is 56.4 Å². The van der Waals surface area contributed by atoms with Gasteiger partial charge in [-0.05, 0) is 32.3 Å². The lowest BCUT2D eigenvalue weighted by atomic mass is 10.0. The number of fused-ring (bicyclic) bond motifs is 1. The summed E-state index contributed by atoms with van der Waals surface area (Å²) in [5, 5.41) is 13.2. The number of carbonyl (C=O) groups is 1. The number of aliphatic hydroxyl groups excluding tert-OH is 1. The fourth-order valence-corrected chi connectivity index (χ4v) is 5.49. The monoisotopic (exact) mass is 491 g/mol. The highest BCUT2D eigenvalue weighted by atomic mass is 16.3. The highest BCUT2D eigenvalue weighted by Crippen LogP contribution is 2.33. The first kappa shape index (κ1) is 24.3. The van der Waals surface area contributed by atoms with Crippen LogP contribution in [0.5, 0.6) is 0 Å². The van der Waals surface area contributed by atoms with Crippen LogP contribution in [0, 0.1) is 6.92 Å². The summed E-state index contributed by atoms with van der Waals surface area (Å²) in [6, 6.07) is 1.97. The minimum Gasteiger partial charge on any atom is -0.395 e. The molecule has 1 aliphatic carbocycles. The van der Waals surface area contributed by atoms with Crippen LogP contribution in [0.2, 0.25) is 0 Å². The van der Waals surface area contributed by atoms with E-state index in [0.717, 1.165) is 68.6 Å². The van der Waals surface area contributed by atoms with E-state index in [0.29, 0.717) is 23.7 Å². The number of aromatic nitrogens is 4. The number of carbonyl (C=O) groups excluding carboxylic acids is 1. The Morgan fingerprint density at radius 1 is 1.06 bits per heavy atom. The standard InChI is InChI=1S/C26H33N7O3/c1-17-20-14-27-22(13-21(20)33(19-5-3-4-6-19)26(36)25(17)18(2)35)30-23-15-29-24(16-28-23)32-9-7-31(8-10-32)11-12-34/h13-16,19,34H,3-12H2,1-2H3,(H,27,28,30). The minimum absolute atomic E-state index is 0.0888. The number of ketones is 1. The molecule has 10 nitrogen and oxygen atoms in total. The second-order valence-corrected chi connectivity index (χ2v) is 9.69. The first-order chi connectivity index (χ1) is 17.5. The third kappa shape index (κ3) is 4.70. The molecular formula is C26H33N7O3. The van der Waals surface area contributed by atoms with Crippen molar-refractivity contribution in [3.63, 3.8) is 0 Å². The van der Waals surface area contributed by atoms with Gasteiger partial charge in [0.05, 0.1) is 30.1 Å². The van der Waals surface area contributed by atoms with E-state index in [2.05, 4.69) is 30.1 Å². The third-order valence-corrected chi connectivity index (χ3v) is 7.40. The SMILES string of the molecule is CC(=O)c1c(C)c2cnc(Nc3cnc(N4CCN(CCO)CC4)cn3)cc2n(C2CCCC2)c1=O. The molecule has 1 aliphatic heterocycles. The van der Waals surface area contributed by atoms with Gasteiger partial charge in [-0.25, -0.2) is 15.0 Å². The molecule has 36 heavy (non-hydrogen) atoms. The number of aliphatic hydroxyl groups is 1. The lowest BCUT2D eigenvalue weighted by Crippen LogP contribution is -2.47. The Labute approximate surface area is 210 Å². The van der Waals surface area contributed by atoms with Crippen molar-refractivity contribution in [3.05, 3.63) is 46.1 Å². The van der Waals surface area contributed by atoms with Crippen LogP contribution in [0.1, 0.15) is 54.6 Å². The Balaban J connectivity index is 1.41. The van der Waals surface area contributed by atoms with Gasteiger partial charge in [-0.15, -0.1) is 0 Å². The normalized spacial score (nSPS) is 17.1. The molecule has 0 bridgehead atoms. The number of hydrogen-bond donors (Lipinski definition) is 2. The molecule has 0 spiro atoms. The van der Waals surface area contributed by atoms with Gasteiger partial charge in [0.1, 0.15) is 17.5 Å². The first-order valence-electron chi connectivity index (χ1n) is 12.7. The average Bonchev–Trinajstić information content (AvgIpc) is 3.39. The van der Waals surface area contributed by atoms with Crippen molar-refractivity contribution >= 4 is 34.1 Å². The summed E-state index contributed by atoms with van der Waals surface area (Å²) in [6.07, 6.45) is 9.20. The van der Waals surface area contributed by atoms with Gasteiger partial charge in [-0.3, -0.25) is 14.5 Å². The highest BCUT2D eigenvalue weighted by molar-refractivity contribution is 6.00. The largest absolute Gasteiger partial charge is 0.395 e. The summed E-state index contributed by atoms with van der Waals surface area (Å²) >= 11 is 0. The van der Waals surface area contributed by atoms with E-state index < -0.39 is 0 Å². The molecule has 1 saturated carbocycles. The summed E-state index contributed by atoms with van der Waals surface area (Å²) in [7, 11) is 0. The molecule has 10 heteroatoms. The molecular weight excluding hydrogens is 458 g/mol. The van der Waals surface area contributed by atoms with E-state index in [1.165, 1.54) is 6.92 Å². The van der Waals surface area contributed by atoms with Crippen LogP contribution < -0.4 is 15.8 Å². The number of rotatable bonds is 7. The van der Waals surface area contributed by atoms with Crippen molar-refractivity contribution in [1.29, 1.82) is 0 Å². The van der Waals surface area contributed by atoms with Crippen LogP contribution in [-0.4, -0.2) is 74.6 Å². The zero-order chi connectivity index (χ0) is 25.2. The number of nitrogens with one attached hydrogen (secondary N) is 1. The fourth-order valence-electron chi connectivity index (χ4n) is 5.49. The molecule has 3 aromatic heterocycles. The molecule has 4 heterocycles.